The van der Waals surface area contributed by atoms with Gasteiger partial charge in [-0.15, -0.1) is 0 Å². The van der Waals surface area contributed by atoms with Gasteiger partial charge in [-0.2, -0.15) is 0 Å². The van der Waals surface area contributed by atoms with Gasteiger partial charge >= 0.3 is 0 Å². The van der Waals surface area contributed by atoms with Crippen LogP contribution in [0.4, 0.5) is 0 Å². The maximum absolute atomic E-state index is 12.4. The summed E-state index contributed by atoms with van der Waals surface area (Å²) in [5.74, 6) is -0.391. The third-order valence-electron chi connectivity index (χ3n) is 4.73. The zero-order valence-electron chi connectivity index (χ0n) is 15.5. The number of carbonyl (C=O) groups excluding carboxylic acids is 2. The second-order valence-electron chi connectivity index (χ2n) is 6.81. The number of rotatable bonds is 5. The molecule has 5 nitrogen and oxygen atoms in total. The number of hydrogen-bond acceptors (Lipinski definition) is 3. The number of halogens is 1. The SMILES string of the molecule is Cc1cccc(CN2CCN(C(=O)CNC(=O)c3ccccc3Cl)CC2)c1. The molecule has 1 aliphatic rings. The number of amides is 2. The summed E-state index contributed by atoms with van der Waals surface area (Å²) in [6, 6.07) is 15.3. The number of piperazine rings is 1. The average Bonchev–Trinajstić information content (AvgIpc) is 2.67. The fourth-order valence-electron chi connectivity index (χ4n) is 3.23. The Hall–Kier alpha value is -2.37. The Labute approximate surface area is 164 Å². The minimum Gasteiger partial charge on any atom is -0.343 e. The number of benzene rings is 2. The van der Waals surface area contributed by atoms with Gasteiger partial charge in [0.05, 0.1) is 17.1 Å². The molecule has 2 aromatic carbocycles. The molecular formula is C21H24ClN3O2. The van der Waals surface area contributed by atoms with Crippen molar-refractivity contribution >= 4 is 23.4 Å². The van der Waals surface area contributed by atoms with Crippen LogP contribution in [-0.2, 0) is 11.3 Å². The molecule has 142 valence electrons. The number of hydrogen-bond donors (Lipinski definition) is 1. The summed E-state index contributed by atoms with van der Waals surface area (Å²) >= 11 is 6.01. The second-order valence-corrected chi connectivity index (χ2v) is 7.22. The molecule has 6 heteroatoms. The van der Waals surface area contributed by atoms with E-state index in [1.807, 2.05) is 0 Å². The van der Waals surface area contributed by atoms with Crippen molar-refractivity contribution in [3.8, 4) is 0 Å². The Balaban J connectivity index is 1.44. The molecule has 0 saturated carbocycles. The van der Waals surface area contributed by atoms with Crippen molar-refractivity contribution in [3.63, 3.8) is 0 Å². The summed E-state index contributed by atoms with van der Waals surface area (Å²) < 4.78 is 0. The fourth-order valence-corrected chi connectivity index (χ4v) is 3.45. The van der Waals surface area contributed by atoms with Gasteiger partial charge in [0.2, 0.25) is 5.91 Å². The normalized spacial score (nSPS) is 14.8. The molecule has 0 aromatic heterocycles. The zero-order valence-corrected chi connectivity index (χ0v) is 16.2. The van der Waals surface area contributed by atoms with Crippen molar-refractivity contribution in [2.75, 3.05) is 32.7 Å². The minimum atomic E-state index is -0.327. The molecule has 1 saturated heterocycles. The summed E-state index contributed by atoms with van der Waals surface area (Å²) in [7, 11) is 0. The minimum absolute atomic E-state index is 0.0120. The summed E-state index contributed by atoms with van der Waals surface area (Å²) in [4.78, 5) is 28.7. The van der Waals surface area contributed by atoms with E-state index in [1.165, 1.54) is 11.1 Å². The van der Waals surface area contributed by atoms with Crippen molar-refractivity contribution in [1.82, 2.24) is 15.1 Å². The van der Waals surface area contributed by atoms with E-state index in [-0.39, 0.29) is 18.4 Å². The van der Waals surface area contributed by atoms with Crippen LogP contribution >= 0.6 is 11.6 Å². The predicted molar refractivity (Wildman–Crippen MR) is 107 cm³/mol. The number of nitrogens with one attached hydrogen (secondary N) is 1. The van der Waals surface area contributed by atoms with E-state index in [0.29, 0.717) is 23.7 Å². The van der Waals surface area contributed by atoms with E-state index < -0.39 is 0 Å². The summed E-state index contributed by atoms with van der Waals surface area (Å²) in [5, 5.41) is 3.05. The molecule has 27 heavy (non-hydrogen) atoms. The second kappa shape index (κ2) is 9.02. The van der Waals surface area contributed by atoms with Gasteiger partial charge in [-0.3, -0.25) is 14.5 Å². The fraction of sp³-hybridized carbons (Fsp3) is 0.333. The lowest BCUT2D eigenvalue weighted by atomic mass is 10.1. The first-order valence-electron chi connectivity index (χ1n) is 9.11. The Kier molecular flexibility index (Phi) is 6.48. The van der Waals surface area contributed by atoms with Gasteiger partial charge in [0.15, 0.2) is 0 Å². The van der Waals surface area contributed by atoms with Crippen LogP contribution in [0.1, 0.15) is 21.5 Å². The van der Waals surface area contributed by atoms with Crippen molar-refractivity contribution in [2.24, 2.45) is 0 Å². The van der Waals surface area contributed by atoms with E-state index in [2.05, 4.69) is 41.4 Å². The van der Waals surface area contributed by atoms with Crippen LogP contribution in [0.25, 0.3) is 0 Å². The van der Waals surface area contributed by atoms with Crippen LogP contribution in [0.5, 0.6) is 0 Å². The highest BCUT2D eigenvalue weighted by Crippen LogP contribution is 2.14. The van der Waals surface area contributed by atoms with Gasteiger partial charge in [-0.05, 0) is 24.6 Å². The zero-order chi connectivity index (χ0) is 19.2. The van der Waals surface area contributed by atoms with Crippen LogP contribution in [0.2, 0.25) is 5.02 Å². The van der Waals surface area contributed by atoms with E-state index in [4.69, 9.17) is 11.6 Å². The van der Waals surface area contributed by atoms with E-state index in [1.54, 1.807) is 29.2 Å². The summed E-state index contributed by atoms with van der Waals surface area (Å²) in [6.07, 6.45) is 0. The van der Waals surface area contributed by atoms with Crippen molar-refractivity contribution in [3.05, 3.63) is 70.2 Å². The summed E-state index contributed by atoms with van der Waals surface area (Å²) in [5.41, 5.74) is 2.94. The topological polar surface area (TPSA) is 52.6 Å². The lowest BCUT2D eigenvalue weighted by Gasteiger charge is -2.34. The van der Waals surface area contributed by atoms with Gasteiger partial charge in [0, 0.05) is 32.7 Å². The van der Waals surface area contributed by atoms with Gasteiger partial charge in [0.1, 0.15) is 0 Å². The van der Waals surface area contributed by atoms with Crippen molar-refractivity contribution < 1.29 is 9.59 Å². The smallest absolute Gasteiger partial charge is 0.253 e. The maximum Gasteiger partial charge on any atom is 0.253 e. The maximum atomic E-state index is 12.4. The molecule has 2 amide bonds. The van der Waals surface area contributed by atoms with E-state index >= 15 is 0 Å². The Morgan fingerprint density at radius 2 is 1.78 bits per heavy atom. The molecule has 0 atom stereocenters. The highest BCUT2D eigenvalue weighted by atomic mass is 35.5. The van der Waals surface area contributed by atoms with Crippen LogP contribution < -0.4 is 5.32 Å². The highest BCUT2D eigenvalue weighted by molar-refractivity contribution is 6.33. The number of carbonyl (C=O) groups is 2. The molecule has 0 aliphatic carbocycles. The molecule has 0 unspecified atom stereocenters. The highest BCUT2D eigenvalue weighted by Gasteiger charge is 2.21. The van der Waals surface area contributed by atoms with Gasteiger partial charge in [0.25, 0.3) is 5.91 Å². The van der Waals surface area contributed by atoms with Crippen LogP contribution in [0.15, 0.2) is 48.5 Å². The van der Waals surface area contributed by atoms with Crippen molar-refractivity contribution in [1.29, 1.82) is 0 Å². The molecular weight excluding hydrogens is 362 g/mol. The predicted octanol–water partition coefficient (Wildman–Crippen LogP) is 2.72. The number of nitrogens with zero attached hydrogens (tertiary/aromatic N) is 2. The van der Waals surface area contributed by atoms with Gasteiger partial charge in [-0.25, -0.2) is 0 Å². The Bertz CT molecular complexity index is 817. The molecule has 1 heterocycles. The summed E-state index contributed by atoms with van der Waals surface area (Å²) in [6.45, 7) is 5.99. The molecule has 2 aromatic rings. The molecule has 1 fully saturated rings. The lowest BCUT2D eigenvalue weighted by molar-refractivity contribution is -0.131. The molecule has 3 rings (SSSR count). The molecule has 1 N–H and O–H groups in total. The van der Waals surface area contributed by atoms with E-state index in [0.717, 1.165) is 19.6 Å². The van der Waals surface area contributed by atoms with Gasteiger partial charge < -0.3 is 10.2 Å². The third-order valence-corrected chi connectivity index (χ3v) is 5.06. The number of aryl methyl sites for hydroxylation is 1. The molecule has 0 spiro atoms. The van der Waals surface area contributed by atoms with E-state index in [9.17, 15) is 9.59 Å². The standard InChI is InChI=1S/C21H24ClN3O2/c1-16-5-4-6-17(13-16)15-24-9-11-25(12-10-24)20(26)14-23-21(27)18-7-2-3-8-19(18)22/h2-8,13H,9-12,14-15H2,1H3,(H,23,27). The molecule has 0 bridgehead atoms. The average molecular weight is 386 g/mol. The largest absolute Gasteiger partial charge is 0.343 e. The van der Waals surface area contributed by atoms with Crippen molar-refractivity contribution in [2.45, 2.75) is 13.5 Å². The first kappa shape index (κ1) is 19.4. The monoisotopic (exact) mass is 385 g/mol. The Morgan fingerprint density at radius 3 is 2.48 bits per heavy atom. The molecule has 0 radical (unpaired) electrons. The quantitative estimate of drug-likeness (QED) is 0.861. The molecule has 1 aliphatic heterocycles. The van der Waals surface area contributed by atoms with Crippen LogP contribution in [-0.4, -0.2) is 54.3 Å². The van der Waals surface area contributed by atoms with Gasteiger partial charge in [-0.1, -0.05) is 53.6 Å². The Morgan fingerprint density at radius 1 is 1.04 bits per heavy atom. The van der Waals surface area contributed by atoms with Crippen LogP contribution in [0, 0.1) is 6.92 Å². The first-order valence-corrected chi connectivity index (χ1v) is 9.49. The lowest BCUT2D eigenvalue weighted by Crippen LogP contribution is -2.50. The first-order chi connectivity index (χ1) is 13.0. The van der Waals surface area contributed by atoms with Crippen LogP contribution in [0.3, 0.4) is 0 Å². The third kappa shape index (κ3) is 5.31.